The van der Waals surface area contributed by atoms with Gasteiger partial charge in [0.1, 0.15) is 0 Å². The van der Waals surface area contributed by atoms with Crippen LogP contribution in [0.25, 0.3) is 0 Å². The van der Waals surface area contributed by atoms with Crippen molar-refractivity contribution in [2.24, 2.45) is 0 Å². The second-order valence-corrected chi connectivity index (χ2v) is 25.2. The zero-order valence-electron chi connectivity index (χ0n) is 44.1. The lowest BCUT2D eigenvalue weighted by atomic mass is 9.35. The first-order valence-corrected chi connectivity index (χ1v) is 31.4. The smallest absolute Gasteiger partial charge is 0.249 e. The summed E-state index contributed by atoms with van der Waals surface area (Å²) in [5, 5.41) is 0. The third-order valence-corrected chi connectivity index (χ3v) is 20.8. The van der Waals surface area contributed by atoms with Gasteiger partial charge in [-0.1, -0.05) is 222 Å². The molecule has 0 radical (unpaired) electrons. The van der Waals surface area contributed by atoms with Crippen LogP contribution in [0, 0.1) is 0 Å². The zero-order chi connectivity index (χ0) is 54.5. The van der Waals surface area contributed by atoms with E-state index in [4.69, 9.17) is 0 Å². The molecule has 4 heterocycles. The van der Waals surface area contributed by atoms with Crippen LogP contribution in [-0.4, -0.2) is 6.71 Å². The molecule has 0 unspecified atom stereocenters. The highest BCUT2D eigenvalue weighted by molar-refractivity contribution is 9.10. The molecule has 0 aliphatic carbocycles. The molecule has 0 spiro atoms. The van der Waals surface area contributed by atoms with Crippen molar-refractivity contribution in [1.29, 1.82) is 0 Å². The van der Waals surface area contributed by atoms with Gasteiger partial charge >= 0.3 is 0 Å². The third-order valence-electron chi connectivity index (χ3n) is 15.2. The summed E-state index contributed by atoms with van der Waals surface area (Å²) in [7, 11) is 0. The quantitative estimate of drug-likeness (QED) is 0.138. The summed E-state index contributed by atoms with van der Waals surface area (Å²) < 4.78 is 1.07. The molecule has 0 fully saturated rings. The fourth-order valence-corrected chi connectivity index (χ4v) is 17.1. The summed E-state index contributed by atoms with van der Waals surface area (Å²) in [6.07, 6.45) is 0. The van der Waals surface area contributed by atoms with Gasteiger partial charge in [-0.3, -0.25) is 0 Å². The molecule has 0 aromatic heterocycles. The van der Waals surface area contributed by atoms with E-state index < -0.39 is 0 Å². The fourth-order valence-electron chi connectivity index (χ4n) is 11.7. The first-order valence-electron chi connectivity index (χ1n) is 27.3. The zero-order valence-corrected chi connectivity index (χ0v) is 48.9. The maximum Gasteiger partial charge on any atom is 0.249 e. The van der Waals surface area contributed by atoms with Crippen LogP contribution in [0.5, 0.6) is 0 Å². The standard InChI is InChI=1S/C36H23BN2S2.C36H25BrN2S2/c1-3-13-24(14-4-1)38-29-20-10-12-22-32(29)41-36-30(38)23-33-34-35(36)39(25-15-5-2-6-16-25)28-19-9-7-17-26(28)37(34)27-18-8-11-21-31(27)40-33;37-34-33(40-29-21-11-4-12-22-29)25-31-36(35(34)38(26-15-5-1-6-16-26)27-17-7-2-8-18-27)41-32-24-14-13-23-30(32)39(31)28-19-9-3-10-20-28/h1-23H;1-25H. The fraction of sp³-hybridized carbons (Fsp3) is 0. The summed E-state index contributed by atoms with van der Waals surface area (Å²) >= 11 is 11.6. The van der Waals surface area contributed by atoms with Crippen molar-refractivity contribution in [3.8, 4) is 0 Å². The molecule has 10 heteroatoms. The minimum Gasteiger partial charge on any atom is -0.310 e. The van der Waals surface area contributed by atoms with Gasteiger partial charge in [-0.15, -0.1) is 0 Å². The molecule has 0 saturated heterocycles. The topological polar surface area (TPSA) is 13.0 Å². The molecule has 390 valence electrons. The summed E-state index contributed by atoms with van der Waals surface area (Å²) in [6, 6.07) is 104. The van der Waals surface area contributed by atoms with Crippen LogP contribution in [0.3, 0.4) is 0 Å². The van der Waals surface area contributed by atoms with Gasteiger partial charge in [-0.2, -0.15) is 0 Å². The minimum atomic E-state index is 0.182. The maximum atomic E-state index is 4.13. The summed E-state index contributed by atoms with van der Waals surface area (Å²) in [4.78, 5) is 19.8. The molecule has 4 aliphatic heterocycles. The number of benzene rings is 12. The predicted octanol–water partition coefficient (Wildman–Crippen LogP) is 20.4. The Labute approximate surface area is 504 Å². The number of para-hydroxylation sites is 8. The average Bonchev–Trinajstić information content (AvgIpc) is 3.72. The van der Waals surface area contributed by atoms with Crippen molar-refractivity contribution in [2.75, 3.05) is 19.6 Å². The molecule has 0 amide bonds. The third kappa shape index (κ3) is 9.01. The van der Waals surface area contributed by atoms with Gasteiger partial charge in [0, 0.05) is 63.5 Å². The molecular formula is C72H48BBrN4S4. The molecule has 4 nitrogen and oxygen atoms in total. The molecule has 12 aromatic rings. The summed E-state index contributed by atoms with van der Waals surface area (Å²) in [5.74, 6) is 0. The molecule has 12 aromatic carbocycles. The molecule has 0 atom stereocenters. The van der Waals surface area contributed by atoms with Crippen molar-refractivity contribution in [2.45, 2.75) is 39.2 Å². The van der Waals surface area contributed by atoms with E-state index in [1.54, 1.807) is 11.8 Å². The van der Waals surface area contributed by atoms with Crippen LogP contribution in [0.2, 0.25) is 0 Å². The van der Waals surface area contributed by atoms with Gasteiger partial charge < -0.3 is 19.6 Å². The van der Waals surface area contributed by atoms with E-state index in [-0.39, 0.29) is 6.71 Å². The maximum absolute atomic E-state index is 4.13. The minimum absolute atomic E-state index is 0.182. The number of rotatable bonds is 8. The van der Waals surface area contributed by atoms with Crippen molar-refractivity contribution in [3.63, 3.8) is 0 Å². The van der Waals surface area contributed by atoms with Gasteiger partial charge in [0.15, 0.2) is 0 Å². The second kappa shape index (κ2) is 21.9. The van der Waals surface area contributed by atoms with Crippen molar-refractivity contribution >= 4 is 154 Å². The SMILES string of the molecule is Brc1c(Sc2ccccc2)cc2c(c1N(c1ccccc1)c1ccccc1)Sc1ccccc1N2c1ccccc1.c1ccc(N2c3ccccc3Sc3c2cc2c4c3N(c3ccccc3)c3ccccc3B4c3ccccc3S2)cc1. The number of nitrogens with zero attached hydrogens (tertiary/aromatic N) is 4. The van der Waals surface area contributed by atoms with Crippen molar-refractivity contribution in [1.82, 2.24) is 0 Å². The molecule has 0 saturated carbocycles. The lowest BCUT2D eigenvalue weighted by Gasteiger charge is -2.44. The average molecular weight is 1190 g/mol. The van der Waals surface area contributed by atoms with Crippen LogP contribution in [-0.2, 0) is 0 Å². The lowest BCUT2D eigenvalue weighted by molar-refractivity contribution is 1.11. The van der Waals surface area contributed by atoms with E-state index in [0.29, 0.717) is 0 Å². The largest absolute Gasteiger partial charge is 0.310 e. The van der Waals surface area contributed by atoms with Crippen molar-refractivity contribution in [3.05, 3.63) is 296 Å². The molecule has 0 N–H and O–H groups in total. The second-order valence-electron chi connectivity index (χ2n) is 20.1. The number of fused-ring (bicyclic) bond motifs is 9. The number of hydrogen-bond donors (Lipinski definition) is 0. The normalized spacial score (nSPS) is 13.0. The van der Waals surface area contributed by atoms with Crippen molar-refractivity contribution < 1.29 is 0 Å². The Morgan fingerprint density at radius 1 is 0.354 bits per heavy atom. The molecule has 16 rings (SSSR count). The molecule has 4 aliphatic rings. The number of hydrogen-bond acceptors (Lipinski definition) is 8. The highest BCUT2D eigenvalue weighted by atomic mass is 79.9. The van der Waals surface area contributed by atoms with E-state index in [9.17, 15) is 0 Å². The molecule has 82 heavy (non-hydrogen) atoms. The Morgan fingerprint density at radius 2 is 0.780 bits per heavy atom. The van der Waals surface area contributed by atoms with Gasteiger partial charge in [-0.05, 0) is 148 Å². The lowest BCUT2D eigenvalue weighted by Crippen LogP contribution is -2.60. The van der Waals surface area contributed by atoms with E-state index in [0.717, 1.165) is 37.8 Å². The molecule has 0 bridgehead atoms. The Bertz CT molecular complexity index is 4240. The molecular weight excluding hydrogens is 1140 g/mol. The van der Waals surface area contributed by atoms with E-state index >= 15 is 0 Å². The van der Waals surface area contributed by atoms with Crippen LogP contribution >= 0.6 is 63.0 Å². The first kappa shape index (κ1) is 50.7. The number of anilines is 12. The number of halogens is 1. The predicted molar refractivity (Wildman–Crippen MR) is 353 cm³/mol. The summed E-state index contributed by atoms with van der Waals surface area (Å²) in [5.41, 5.74) is 18.4. The Hall–Kier alpha value is -8.22. The van der Waals surface area contributed by atoms with Crippen LogP contribution in [0.1, 0.15) is 0 Å². The van der Waals surface area contributed by atoms with Crippen LogP contribution in [0.15, 0.2) is 335 Å². The van der Waals surface area contributed by atoms with E-state index in [1.807, 2.05) is 35.3 Å². The van der Waals surface area contributed by atoms with Gasteiger partial charge in [0.2, 0.25) is 6.71 Å². The Balaban J connectivity index is 0.000000140. The van der Waals surface area contributed by atoms with E-state index in [1.165, 1.54) is 90.5 Å². The van der Waals surface area contributed by atoms with Gasteiger partial charge in [-0.25, -0.2) is 0 Å². The first-order chi connectivity index (χ1) is 40.6. The Morgan fingerprint density at radius 3 is 1.34 bits per heavy atom. The van der Waals surface area contributed by atoms with E-state index in [2.05, 4.69) is 327 Å². The van der Waals surface area contributed by atoms with Gasteiger partial charge in [0.05, 0.1) is 48.4 Å². The monoisotopic (exact) mass is 1190 g/mol. The van der Waals surface area contributed by atoms with Crippen LogP contribution in [0.4, 0.5) is 68.2 Å². The van der Waals surface area contributed by atoms with Crippen LogP contribution < -0.4 is 36.0 Å². The highest BCUT2D eigenvalue weighted by Gasteiger charge is 2.44. The Kier molecular flexibility index (Phi) is 13.6. The van der Waals surface area contributed by atoms with Gasteiger partial charge in [0.25, 0.3) is 0 Å². The highest BCUT2D eigenvalue weighted by Crippen LogP contribution is 2.61. The summed E-state index contributed by atoms with van der Waals surface area (Å²) in [6.45, 7) is 0.182.